The maximum absolute atomic E-state index is 11.3. The van der Waals surface area contributed by atoms with Gasteiger partial charge in [-0.3, -0.25) is 4.79 Å². The van der Waals surface area contributed by atoms with Gasteiger partial charge < -0.3 is 24.2 Å². The summed E-state index contributed by atoms with van der Waals surface area (Å²) in [5.41, 5.74) is 3.66. The molecule has 1 aliphatic rings. The van der Waals surface area contributed by atoms with Crippen molar-refractivity contribution in [3.05, 3.63) is 40.2 Å². The highest BCUT2D eigenvalue weighted by atomic mass is 35.5. The lowest BCUT2D eigenvalue weighted by Crippen LogP contribution is -2.29. The predicted octanol–water partition coefficient (Wildman–Crippen LogP) is 4.76. The molecule has 1 aromatic carbocycles. The molecule has 37 heavy (non-hydrogen) atoms. The quantitative estimate of drug-likeness (QED) is 0.266. The molecule has 1 unspecified atom stereocenters. The molecule has 4 rings (SSSR count). The third-order valence-corrected chi connectivity index (χ3v) is 6.97. The lowest BCUT2D eigenvalue weighted by Gasteiger charge is -2.20. The van der Waals surface area contributed by atoms with E-state index in [0.717, 1.165) is 62.0 Å². The summed E-state index contributed by atoms with van der Waals surface area (Å²) in [7, 11) is 1.91. The first-order chi connectivity index (χ1) is 17.9. The number of aromatic nitrogens is 3. The number of aryl methyl sites for hydroxylation is 2. The van der Waals surface area contributed by atoms with Gasteiger partial charge in [-0.05, 0) is 71.8 Å². The van der Waals surface area contributed by atoms with E-state index in [1.807, 2.05) is 44.9 Å². The van der Waals surface area contributed by atoms with Crippen LogP contribution in [0.15, 0.2) is 22.7 Å². The van der Waals surface area contributed by atoms with Crippen molar-refractivity contribution in [1.29, 1.82) is 0 Å². The standard InChI is InChI=1S/C27H34ClN5O4/c1-17-25(24-18(2)32-37-19(24)3)30-26(22-15-21(8-9-23(22)28)35-13-6-11-29-4)31-27(17)36-14-10-20-7-5-12-33(20)16-34/h8-9,15-16,20,29H,5-7,10-14H2,1-4H3. The highest BCUT2D eigenvalue weighted by molar-refractivity contribution is 6.33. The van der Waals surface area contributed by atoms with Gasteiger partial charge in [-0.25, -0.2) is 4.98 Å². The van der Waals surface area contributed by atoms with E-state index in [-0.39, 0.29) is 6.04 Å². The molecule has 1 atom stereocenters. The zero-order chi connectivity index (χ0) is 26.4. The van der Waals surface area contributed by atoms with Crippen molar-refractivity contribution in [1.82, 2.24) is 25.3 Å². The van der Waals surface area contributed by atoms with Gasteiger partial charge in [0, 0.05) is 30.1 Å². The van der Waals surface area contributed by atoms with E-state index in [1.165, 1.54) is 0 Å². The summed E-state index contributed by atoms with van der Waals surface area (Å²) in [6, 6.07) is 5.67. The topological polar surface area (TPSA) is 103 Å². The minimum absolute atomic E-state index is 0.187. The molecule has 0 spiro atoms. The minimum Gasteiger partial charge on any atom is -0.494 e. The lowest BCUT2D eigenvalue weighted by atomic mass is 10.1. The summed E-state index contributed by atoms with van der Waals surface area (Å²) in [4.78, 5) is 22.8. The molecule has 1 amide bonds. The van der Waals surface area contributed by atoms with E-state index in [1.54, 1.807) is 6.07 Å². The fourth-order valence-electron chi connectivity index (χ4n) is 4.62. The highest BCUT2D eigenvalue weighted by Gasteiger charge is 2.25. The van der Waals surface area contributed by atoms with Crippen molar-refractivity contribution in [2.75, 3.05) is 33.4 Å². The summed E-state index contributed by atoms with van der Waals surface area (Å²) >= 11 is 6.61. The van der Waals surface area contributed by atoms with Gasteiger partial charge in [0.25, 0.3) is 0 Å². The number of halogens is 1. The SMILES string of the molecule is CNCCCOc1ccc(Cl)c(-c2nc(OCCC3CCCN3C=O)c(C)c(-c3c(C)noc3C)n2)c1. The third-order valence-electron chi connectivity index (χ3n) is 6.64. The van der Waals surface area contributed by atoms with Crippen molar-refractivity contribution in [2.45, 2.75) is 52.5 Å². The molecule has 1 N–H and O–H groups in total. The van der Waals surface area contributed by atoms with Crippen LogP contribution >= 0.6 is 11.6 Å². The number of nitrogens with one attached hydrogen (secondary N) is 1. The van der Waals surface area contributed by atoms with Crippen molar-refractivity contribution >= 4 is 18.0 Å². The maximum Gasteiger partial charge on any atom is 0.220 e. The fourth-order valence-corrected chi connectivity index (χ4v) is 4.83. The molecule has 0 radical (unpaired) electrons. The van der Waals surface area contributed by atoms with Crippen molar-refractivity contribution in [3.8, 4) is 34.3 Å². The number of rotatable bonds is 12. The van der Waals surface area contributed by atoms with Gasteiger partial charge in [-0.15, -0.1) is 0 Å². The Balaban J connectivity index is 1.67. The molecular formula is C27H34ClN5O4. The first-order valence-corrected chi connectivity index (χ1v) is 13.0. The predicted molar refractivity (Wildman–Crippen MR) is 142 cm³/mol. The first-order valence-electron chi connectivity index (χ1n) is 12.7. The van der Waals surface area contributed by atoms with Crippen LogP contribution in [-0.2, 0) is 4.79 Å². The van der Waals surface area contributed by atoms with E-state index in [4.69, 9.17) is 35.6 Å². The van der Waals surface area contributed by atoms with Gasteiger partial charge in [-0.1, -0.05) is 16.8 Å². The van der Waals surface area contributed by atoms with Crippen LogP contribution in [0.2, 0.25) is 5.02 Å². The Kier molecular flexibility index (Phi) is 9.00. The first kappa shape index (κ1) is 26.9. The zero-order valence-corrected chi connectivity index (χ0v) is 22.6. The molecular weight excluding hydrogens is 494 g/mol. The highest BCUT2D eigenvalue weighted by Crippen LogP contribution is 2.37. The Morgan fingerprint density at radius 1 is 1.22 bits per heavy atom. The molecule has 0 saturated carbocycles. The zero-order valence-electron chi connectivity index (χ0n) is 21.8. The summed E-state index contributed by atoms with van der Waals surface area (Å²) in [5, 5.41) is 7.73. The van der Waals surface area contributed by atoms with Crippen molar-refractivity contribution in [2.24, 2.45) is 0 Å². The Labute approximate surface area is 222 Å². The van der Waals surface area contributed by atoms with Crippen LogP contribution in [0.4, 0.5) is 0 Å². The van der Waals surface area contributed by atoms with Crippen LogP contribution < -0.4 is 14.8 Å². The summed E-state index contributed by atoms with van der Waals surface area (Å²) in [6.07, 6.45) is 4.54. The number of nitrogens with zero attached hydrogens (tertiary/aromatic N) is 4. The molecule has 0 bridgehead atoms. The molecule has 3 heterocycles. The Morgan fingerprint density at radius 2 is 2.05 bits per heavy atom. The summed E-state index contributed by atoms with van der Waals surface area (Å²) in [5.74, 6) is 2.25. The maximum atomic E-state index is 11.3. The normalized spacial score (nSPS) is 15.3. The van der Waals surface area contributed by atoms with Crippen molar-refractivity contribution < 1.29 is 18.8 Å². The molecule has 1 fully saturated rings. The largest absolute Gasteiger partial charge is 0.494 e. The van der Waals surface area contributed by atoms with Crippen LogP contribution in [0.5, 0.6) is 11.6 Å². The van der Waals surface area contributed by atoms with E-state index < -0.39 is 0 Å². The molecule has 10 heteroatoms. The summed E-state index contributed by atoms with van der Waals surface area (Å²) in [6.45, 7) is 8.34. The number of carbonyl (C=O) groups excluding carboxylic acids is 1. The molecule has 1 saturated heterocycles. The average Bonchev–Trinajstić information content (AvgIpc) is 3.49. The van der Waals surface area contributed by atoms with E-state index in [2.05, 4.69) is 10.5 Å². The second kappa shape index (κ2) is 12.4. The lowest BCUT2D eigenvalue weighted by molar-refractivity contribution is -0.119. The Bertz CT molecular complexity index is 1210. The molecule has 198 valence electrons. The Morgan fingerprint density at radius 3 is 2.78 bits per heavy atom. The van der Waals surface area contributed by atoms with Crippen LogP contribution in [-0.4, -0.2) is 65.8 Å². The summed E-state index contributed by atoms with van der Waals surface area (Å²) < 4.78 is 17.6. The Hall–Kier alpha value is -3.17. The second-order valence-corrected chi connectivity index (χ2v) is 9.66. The number of likely N-dealkylation sites (tertiary alicyclic amines) is 1. The molecule has 2 aromatic heterocycles. The molecule has 0 aliphatic carbocycles. The van der Waals surface area contributed by atoms with Crippen LogP contribution in [0.25, 0.3) is 22.6 Å². The number of benzene rings is 1. The molecule has 9 nitrogen and oxygen atoms in total. The van der Waals surface area contributed by atoms with Gasteiger partial charge in [0.1, 0.15) is 11.5 Å². The van der Waals surface area contributed by atoms with Gasteiger partial charge >= 0.3 is 0 Å². The molecule has 1 aliphatic heterocycles. The average molecular weight is 528 g/mol. The third kappa shape index (κ3) is 6.22. The number of ether oxygens (including phenoxy) is 2. The van der Waals surface area contributed by atoms with E-state index in [9.17, 15) is 4.79 Å². The van der Waals surface area contributed by atoms with E-state index in [0.29, 0.717) is 52.7 Å². The monoisotopic (exact) mass is 527 g/mol. The number of hydrogen-bond acceptors (Lipinski definition) is 8. The number of carbonyl (C=O) groups is 1. The second-order valence-electron chi connectivity index (χ2n) is 9.25. The van der Waals surface area contributed by atoms with Crippen molar-refractivity contribution in [3.63, 3.8) is 0 Å². The van der Waals surface area contributed by atoms with Gasteiger partial charge in [0.2, 0.25) is 12.3 Å². The van der Waals surface area contributed by atoms with Crippen LogP contribution in [0.1, 0.15) is 42.7 Å². The smallest absolute Gasteiger partial charge is 0.220 e. The number of amides is 1. The molecule has 3 aromatic rings. The van der Waals surface area contributed by atoms with E-state index >= 15 is 0 Å². The van der Waals surface area contributed by atoms with Crippen LogP contribution in [0, 0.1) is 20.8 Å². The van der Waals surface area contributed by atoms with Crippen LogP contribution in [0.3, 0.4) is 0 Å². The van der Waals surface area contributed by atoms with Gasteiger partial charge in [0.05, 0.1) is 35.2 Å². The number of hydrogen-bond donors (Lipinski definition) is 1. The van der Waals surface area contributed by atoms with Gasteiger partial charge in [-0.2, -0.15) is 4.98 Å². The minimum atomic E-state index is 0.187. The fraction of sp³-hybridized carbons (Fsp3) is 0.481. The van der Waals surface area contributed by atoms with Gasteiger partial charge in [0.15, 0.2) is 5.82 Å².